The molecule has 130 valence electrons. The molecule has 0 radical (unpaired) electrons. The second kappa shape index (κ2) is 7.38. The summed E-state index contributed by atoms with van der Waals surface area (Å²) in [6.07, 6.45) is 2.05. The van der Waals surface area contributed by atoms with Crippen LogP contribution in [-0.2, 0) is 16.0 Å². The number of rotatable bonds is 4. The fraction of sp³-hybridized carbons (Fsp3) is 0.300. The highest BCUT2D eigenvalue weighted by molar-refractivity contribution is 6.02. The molecule has 2 aromatic carbocycles. The highest BCUT2D eigenvalue weighted by Gasteiger charge is 2.25. The van der Waals surface area contributed by atoms with E-state index in [1.54, 1.807) is 24.3 Å². The third-order valence-electron chi connectivity index (χ3n) is 4.58. The summed E-state index contributed by atoms with van der Waals surface area (Å²) in [6, 6.07) is 15.3. The minimum Gasteiger partial charge on any atom is -0.465 e. The van der Waals surface area contributed by atoms with Crippen molar-refractivity contribution in [3.63, 3.8) is 0 Å². The number of aryl methyl sites for hydroxylation is 1. The largest absolute Gasteiger partial charge is 0.465 e. The van der Waals surface area contributed by atoms with Crippen molar-refractivity contribution in [1.82, 2.24) is 0 Å². The van der Waals surface area contributed by atoms with Gasteiger partial charge in [0.2, 0.25) is 5.91 Å². The lowest BCUT2D eigenvalue weighted by Crippen LogP contribution is -2.42. The van der Waals surface area contributed by atoms with Crippen LogP contribution >= 0.6 is 0 Å². The van der Waals surface area contributed by atoms with Crippen LogP contribution in [0.1, 0.15) is 29.3 Å². The fourth-order valence-corrected chi connectivity index (χ4v) is 3.23. The molecule has 1 atom stereocenters. The van der Waals surface area contributed by atoms with Crippen molar-refractivity contribution in [2.24, 2.45) is 0 Å². The van der Waals surface area contributed by atoms with E-state index in [1.165, 1.54) is 12.7 Å². The van der Waals surface area contributed by atoms with Crippen LogP contribution in [0.5, 0.6) is 0 Å². The molecule has 0 bridgehead atoms. The minimum atomic E-state index is -0.465. The van der Waals surface area contributed by atoms with E-state index in [-0.39, 0.29) is 18.5 Å². The maximum atomic E-state index is 12.6. The summed E-state index contributed by atoms with van der Waals surface area (Å²) in [5, 5.41) is 2.84. The maximum absolute atomic E-state index is 12.6. The SMILES string of the molecule is COC(=O)c1ccccc1NC(=O)CN1c2ccccc2CC[C@H]1C. The van der Waals surface area contributed by atoms with Crippen molar-refractivity contribution in [2.75, 3.05) is 23.9 Å². The first-order valence-electron chi connectivity index (χ1n) is 8.42. The van der Waals surface area contributed by atoms with Crippen molar-refractivity contribution < 1.29 is 14.3 Å². The van der Waals surface area contributed by atoms with Crippen molar-refractivity contribution in [1.29, 1.82) is 0 Å². The highest BCUT2D eigenvalue weighted by Crippen LogP contribution is 2.30. The summed E-state index contributed by atoms with van der Waals surface area (Å²) in [5.41, 5.74) is 3.20. The zero-order chi connectivity index (χ0) is 17.8. The lowest BCUT2D eigenvalue weighted by Gasteiger charge is -2.36. The Morgan fingerprint density at radius 3 is 2.68 bits per heavy atom. The number of esters is 1. The number of carbonyl (C=O) groups is 2. The number of hydrogen-bond donors (Lipinski definition) is 1. The molecule has 0 saturated heterocycles. The summed E-state index contributed by atoms with van der Waals surface area (Å²) in [5.74, 6) is -0.618. The zero-order valence-corrected chi connectivity index (χ0v) is 14.5. The van der Waals surface area contributed by atoms with E-state index in [0.717, 1.165) is 18.5 Å². The van der Waals surface area contributed by atoms with Crippen LogP contribution in [-0.4, -0.2) is 31.6 Å². The lowest BCUT2D eigenvalue weighted by molar-refractivity contribution is -0.115. The molecule has 5 nitrogen and oxygen atoms in total. The lowest BCUT2D eigenvalue weighted by atomic mass is 9.96. The van der Waals surface area contributed by atoms with Gasteiger partial charge in [-0.3, -0.25) is 4.79 Å². The molecule has 0 saturated carbocycles. The highest BCUT2D eigenvalue weighted by atomic mass is 16.5. The second-order valence-corrected chi connectivity index (χ2v) is 6.23. The Morgan fingerprint density at radius 1 is 1.16 bits per heavy atom. The molecule has 1 amide bonds. The number of benzene rings is 2. The normalized spacial score (nSPS) is 16.1. The molecule has 0 unspecified atom stereocenters. The number of methoxy groups -OCH3 is 1. The van der Waals surface area contributed by atoms with Crippen LogP contribution in [0.25, 0.3) is 0 Å². The van der Waals surface area contributed by atoms with Gasteiger partial charge in [0.1, 0.15) is 0 Å². The minimum absolute atomic E-state index is 0.153. The molecule has 0 spiro atoms. The number of carbonyl (C=O) groups excluding carboxylic acids is 2. The monoisotopic (exact) mass is 338 g/mol. The number of nitrogens with zero attached hydrogens (tertiary/aromatic N) is 1. The molecule has 25 heavy (non-hydrogen) atoms. The Labute approximate surface area is 147 Å². The number of nitrogens with one attached hydrogen (secondary N) is 1. The molecular formula is C20H22N2O3. The van der Waals surface area contributed by atoms with E-state index in [0.29, 0.717) is 11.3 Å². The number of amides is 1. The molecule has 1 N–H and O–H groups in total. The van der Waals surface area contributed by atoms with Crippen LogP contribution in [0, 0.1) is 0 Å². The quantitative estimate of drug-likeness (QED) is 0.870. The molecule has 3 rings (SSSR count). The molecule has 2 aromatic rings. The smallest absolute Gasteiger partial charge is 0.339 e. The topological polar surface area (TPSA) is 58.6 Å². The molecule has 0 aromatic heterocycles. The number of para-hydroxylation sites is 2. The molecule has 1 aliphatic rings. The van der Waals surface area contributed by atoms with Gasteiger partial charge in [0, 0.05) is 11.7 Å². The number of anilines is 2. The zero-order valence-electron chi connectivity index (χ0n) is 14.5. The first-order chi connectivity index (χ1) is 12.1. The Hall–Kier alpha value is -2.82. The van der Waals surface area contributed by atoms with Gasteiger partial charge in [0.05, 0.1) is 24.9 Å². The van der Waals surface area contributed by atoms with Crippen molar-refractivity contribution in [3.05, 3.63) is 59.7 Å². The van der Waals surface area contributed by atoms with E-state index in [4.69, 9.17) is 4.74 Å². The Kier molecular flexibility index (Phi) is 5.03. The van der Waals surface area contributed by atoms with Crippen molar-refractivity contribution >= 4 is 23.3 Å². The van der Waals surface area contributed by atoms with Gasteiger partial charge in [-0.05, 0) is 43.5 Å². The average molecular weight is 338 g/mol. The van der Waals surface area contributed by atoms with Crippen LogP contribution in [0.4, 0.5) is 11.4 Å². The Bertz CT molecular complexity index is 788. The molecule has 0 aliphatic carbocycles. The number of hydrogen-bond acceptors (Lipinski definition) is 4. The van der Waals surface area contributed by atoms with Crippen molar-refractivity contribution in [3.8, 4) is 0 Å². The van der Waals surface area contributed by atoms with Crippen LogP contribution in [0.15, 0.2) is 48.5 Å². The number of fused-ring (bicyclic) bond motifs is 1. The van der Waals surface area contributed by atoms with Gasteiger partial charge in [-0.25, -0.2) is 4.79 Å². The van der Waals surface area contributed by atoms with E-state index in [2.05, 4.69) is 29.3 Å². The van der Waals surface area contributed by atoms with E-state index < -0.39 is 5.97 Å². The van der Waals surface area contributed by atoms with Gasteiger partial charge in [-0.1, -0.05) is 30.3 Å². The maximum Gasteiger partial charge on any atom is 0.339 e. The van der Waals surface area contributed by atoms with Gasteiger partial charge in [-0.15, -0.1) is 0 Å². The summed E-state index contributed by atoms with van der Waals surface area (Å²) in [6.45, 7) is 2.37. The predicted octanol–water partition coefficient (Wildman–Crippen LogP) is 3.25. The average Bonchev–Trinajstić information content (AvgIpc) is 2.64. The predicted molar refractivity (Wildman–Crippen MR) is 98.0 cm³/mol. The van der Waals surface area contributed by atoms with Gasteiger partial charge < -0.3 is 15.0 Å². The van der Waals surface area contributed by atoms with Gasteiger partial charge in [-0.2, -0.15) is 0 Å². The van der Waals surface area contributed by atoms with Gasteiger partial charge in [0.25, 0.3) is 0 Å². The van der Waals surface area contributed by atoms with Gasteiger partial charge in [0.15, 0.2) is 0 Å². The first kappa shape index (κ1) is 17.0. The third-order valence-corrected chi connectivity index (χ3v) is 4.58. The Morgan fingerprint density at radius 2 is 1.88 bits per heavy atom. The Balaban J connectivity index is 1.77. The fourth-order valence-electron chi connectivity index (χ4n) is 3.23. The molecule has 0 fully saturated rings. The summed E-state index contributed by atoms with van der Waals surface area (Å²) in [7, 11) is 1.33. The third kappa shape index (κ3) is 3.65. The molecular weight excluding hydrogens is 316 g/mol. The second-order valence-electron chi connectivity index (χ2n) is 6.23. The first-order valence-corrected chi connectivity index (χ1v) is 8.42. The summed E-state index contributed by atoms with van der Waals surface area (Å²) in [4.78, 5) is 26.6. The standard InChI is InChI=1S/C20H22N2O3/c1-14-11-12-15-7-3-6-10-18(15)22(14)13-19(23)21-17-9-5-4-8-16(17)20(24)25-2/h3-10,14H,11-13H2,1-2H3,(H,21,23)/t14-/m1/s1. The molecule has 1 heterocycles. The summed E-state index contributed by atoms with van der Waals surface area (Å²) >= 11 is 0. The molecule has 1 aliphatic heterocycles. The van der Waals surface area contributed by atoms with Gasteiger partial charge >= 0.3 is 5.97 Å². The van der Waals surface area contributed by atoms with E-state index in [9.17, 15) is 9.59 Å². The van der Waals surface area contributed by atoms with Crippen molar-refractivity contribution in [2.45, 2.75) is 25.8 Å². The van der Waals surface area contributed by atoms with Crippen LogP contribution < -0.4 is 10.2 Å². The summed E-state index contributed by atoms with van der Waals surface area (Å²) < 4.78 is 4.77. The number of ether oxygens (including phenoxy) is 1. The van der Waals surface area contributed by atoms with Crippen LogP contribution in [0.2, 0.25) is 0 Å². The van der Waals surface area contributed by atoms with E-state index in [1.807, 2.05) is 12.1 Å². The molecule has 5 heteroatoms. The van der Waals surface area contributed by atoms with E-state index >= 15 is 0 Å². The van der Waals surface area contributed by atoms with Crippen LogP contribution in [0.3, 0.4) is 0 Å².